The Balaban J connectivity index is 2.94. The summed E-state index contributed by atoms with van der Waals surface area (Å²) in [5, 5.41) is 0. The lowest BCUT2D eigenvalue weighted by atomic mass is 9.88. The van der Waals surface area contributed by atoms with Crippen molar-refractivity contribution in [1.29, 1.82) is 0 Å². The van der Waals surface area contributed by atoms with Gasteiger partial charge in [-0.15, -0.1) is 0 Å². The van der Waals surface area contributed by atoms with E-state index in [1.165, 1.54) is 16.7 Å². The minimum atomic E-state index is -0.0404. The van der Waals surface area contributed by atoms with Crippen LogP contribution in [0.1, 0.15) is 30.5 Å². The van der Waals surface area contributed by atoms with E-state index in [0.717, 1.165) is 12.0 Å². The number of allylic oxidation sites excluding steroid dienone is 1. The molecule has 0 heterocycles. The maximum Gasteiger partial charge on any atom is 0.137 e. The summed E-state index contributed by atoms with van der Waals surface area (Å²) in [5.41, 5.74) is 4.71. The van der Waals surface area contributed by atoms with E-state index >= 15 is 0 Å². The van der Waals surface area contributed by atoms with Crippen LogP contribution in [0.5, 0.6) is 0 Å². The normalized spacial score (nSPS) is 12.2. The molecule has 0 aliphatic heterocycles. The maximum atomic E-state index is 11.5. The number of hydrogen-bond acceptors (Lipinski definition) is 1. The van der Waals surface area contributed by atoms with Crippen LogP contribution < -0.4 is 0 Å². The van der Waals surface area contributed by atoms with Gasteiger partial charge in [0.15, 0.2) is 0 Å². The van der Waals surface area contributed by atoms with Crippen LogP contribution in [-0.2, 0) is 11.2 Å². The van der Waals surface area contributed by atoms with Crippen molar-refractivity contribution in [2.24, 2.45) is 5.92 Å². The molecule has 0 aliphatic carbocycles. The van der Waals surface area contributed by atoms with Gasteiger partial charge >= 0.3 is 0 Å². The predicted octanol–water partition coefficient (Wildman–Crippen LogP) is 3.63. The third-order valence-electron chi connectivity index (χ3n) is 3.01. The summed E-state index contributed by atoms with van der Waals surface area (Å²) < 4.78 is 0. The largest absolute Gasteiger partial charge is 0.299 e. The number of Topliss-reactive ketones (excluding diaryl/α,β-unsaturated/α-hetero) is 1. The molecular weight excluding hydrogens is 196 g/mol. The highest BCUT2D eigenvalue weighted by molar-refractivity contribution is 5.81. The zero-order valence-electron chi connectivity index (χ0n) is 10.6. The smallest absolute Gasteiger partial charge is 0.137 e. The van der Waals surface area contributed by atoms with Crippen molar-refractivity contribution >= 4 is 5.78 Å². The molecule has 1 heteroatoms. The molecule has 1 aromatic carbocycles. The van der Waals surface area contributed by atoms with Gasteiger partial charge in [0.25, 0.3) is 0 Å². The second kappa shape index (κ2) is 5.11. The predicted molar refractivity (Wildman–Crippen MR) is 68.6 cm³/mol. The molecule has 0 saturated heterocycles. The molecule has 0 aromatic heterocycles. The zero-order chi connectivity index (χ0) is 12.3. The quantitative estimate of drug-likeness (QED) is 0.702. The van der Waals surface area contributed by atoms with Gasteiger partial charge in [0, 0.05) is 5.92 Å². The van der Waals surface area contributed by atoms with Crippen LogP contribution in [0.3, 0.4) is 0 Å². The third kappa shape index (κ3) is 3.06. The van der Waals surface area contributed by atoms with E-state index in [9.17, 15) is 4.79 Å². The van der Waals surface area contributed by atoms with Crippen LogP contribution in [0.4, 0.5) is 0 Å². The van der Waals surface area contributed by atoms with E-state index in [0.29, 0.717) is 0 Å². The van der Waals surface area contributed by atoms with Gasteiger partial charge in [-0.25, -0.2) is 0 Å². The van der Waals surface area contributed by atoms with Gasteiger partial charge in [-0.05, 0) is 45.2 Å². The number of benzene rings is 1. The van der Waals surface area contributed by atoms with Crippen molar-refractivity contribution < 1.29 is 4.79 Å². The average Bonchev–Trinajstić information content (AvgIpc) is 2.15. The topological polar surface area (TPSA) is 17.1 Å². The zero-order valence-corrected chi connectivity index (χ0v) is 10.6. The molecule has 0 aliphatic rings. The second-order valence-electron chi connectivity index (χ2n) is 4.64. The van der Waals surface area contributed by atoms with E-state index in [1.54, 1.807) is 6.92 Å². The summed E-state index contributed by atoms with van der Waals surface area (Å²) in [6.07, 6.45) is 0.775. The van der Waals surface area contributed by atoms with Gasteiger partial charge in [0.05, 0.1) is 0 Å². The van der Waals surface area contributed by atoms with Crippen molar-refractivity contribution in [1.82, 2.24) is 0 Å². The van der Waals surface area contributed by atoms with Gasteiger partial charge in [-0.2, -0.15) is 0 Å². The molecule has 86 valence electrons. The SMILES string of the molecule is C=C(C)C(Cc1ccc(C)cc1C)C(C)=O. The van der Waals surface area contributed by atoms with E-state index < -0.39 is 0 Å². The van der Waals surface area contributed by atoms with E-state index in [4.69, 9.17) is 0 Å². The lowest BCUT2D eigenvalue weighted by Crippen LogP contribution is -2.15. The molecule has 0 saturated carbocycles. The Bertz CT molecular complexity index is 401. The van der Waals surface area contributed by atoms with Gasteiger partial charge < -0.3 is 0 Å². The summed E-state index contributed by atoms with van der Waals surface area (Å²) in [6.45, 7) is 11.6. The number of aryl methyl sites for hydroxylation is 2. The fourth-order valence-corrected chi connectivity index (χ4v) is 1.96. The Morgan fingerprint density at radius 2 is 1.94 bits per heavy atom. The third-order valence-corrected chi connectivity index (χ3v) is 3.01. The minimum absolute atomic E-state index is 0.0404. The summed E-state index contributed by atoms with van der Waals surface area (Å²) in [6, 6.07) is 6.37. The Hall–Kier alpha value is -1.37. The lowest BCUT2D eigenvalue weighted by Gasteiger charge is -2.15. The molecule has 1 nitrogen and oxygen atoms in total. The van der Waals surface area contributed by atoms with Crippen LogP contribution in [0.2, 0.25) is 0 Å². The first kappa shape index (κ1) is 12.7. The number of ketones is 1. The molecule has 0 amide bonds. The molecular formula is C15H20O. The van der Waals surface area contributed by atoms with Gasteiger partial charge in [-0.1, -0.05) is 35.9 Å². The summed E-state index contributed by atoms with van der Waals surface area (Å²) in [5.74, 6) is 0.161. The number of carbonyl (C=O) groups excluding carboxylic acids is 1. The summed E-state index contributed by atoms with van der Waals surface area (Å²) >= 11 is 0. The lowest BCUT2D eigenvalue weighted by molar-refractivity contribution is -0.119. The maximum absolute atomic E-state index is 11.5. The Kier molecular flexibility index (Phi) is 4.05. The molecule has 1 unspecified atom stereocenters. The highest BCUT2D eigenvalue weighted by Gasteiger charge is 2.16. The first-order valence-corrected chi connectivity index (χ1v) is 5.63. The molecule has 16 heavy (non-hydrogen) atoms. The first-order valence-electron chi connectivity index (χ1n) is 5.63. The minimum Gasteiger partial charge on any atom is -0.299 e. The Morgan fingerprint density at radius 1 is 1.31 bits per heavy atom. The fraction of sp³-hybridized carbons (Fsp3) is 0.400. The van der Waals surface area contributed by atoms with Crippen LogP contribution >= 0.6 is 0 Å². The molecule has 0 N–H and O–H groups in total. The van der Waals surface area contributed by atoms with Crippen LogP contribution in [0, 0.1) is 19.8 Å². The summed E-state index contributed by atoms with van der Waals surface area (Å²) in [4.78, 5) is 11.5. The molecule has 0 bridgehead atoms. The molecule has 0 radical (unpaired) electrons. The second-order valence-corrected chi connectivity index (χ2v) is 4.64. The van der Waals surface area contributed by atoms with Crippen LogP contribution in [-0.4, -0.2) is 5.78 Å². The standard InChI is InChI=1S/C15H20O/c1-10(2)15(13(5)16)9-14-7-6-11(3)8-12(14)4/h6-8,15H,1,9H2,2-5H3. The van der Waals surface area contributed by atoms with Crippen molar-refractivity contribution in [3.63, 3.8) is 0 Å². The van der Waals surface area contributed by atoms with Crippen molar-refractivity contribution in [2.45, 2.75) is 34.1 Å². The summed E-state index contributed by atoms with van der Waals surface area (Å²) in [7, 11) is 0. The highest BCUT2D eigenvalue weighted by Crippen LogP contribution is 2.20. The Labute approximate surface area is 98.2 Å². The van der Waals surface area contributed by atoms with Crippen LogP contribution in [0.25, 0.3) is 0 Å². The average molecular weight is 216 g/mol. The van der Waals surface area contributed by atoms with Crippen molar-refractivity contribution in [2.75, 3.05) is 0 Å². The number of hydrogen-bond donors (Lipinski definition) is 0. The first-order chi connectivity index (χ1) is 7.41. The van der Waals surface area contributed by atoms with E-state index in [2.05, 4.69) is 38.6 Å². The Morgan fingerprint density at radius 3 is 2.38 bits per heavy atom. The van der Waals surface area contributed by atoms with E-state index in [-0.39, 0.29) is 11.7 Å². The fourth-order valence-electron chi connectivity index (χ4n) is 1.96. The van der Waals surface area contributed by atoms with Crippen LogP contribution in [0.15, 0.2) is 30.4 Å². The molecule has 0 spiro atoms. The molecule has 1 aromatic rings. The molecule has 0 fully saturated rings. The van der Waals surface area contributed by atoms with E-state index in [1.807, 2.05) is 6.92 Å². The highest BCUT2D eigenvalue weighted by atomic mass is 16.1. The number of rotatable bonds is 4. The molecule has 1 rings (SSSR count). The number of carbonyl (C=O) groups is 1. The monoisotopic (exact) mass is 216 g/mol. The van der Waals surface area contributed by atoms with Gasteiger partial charge in [-0.3, -0.25) is 4.79 Å². The molecule has 1 atom stereocenters. The van der Waals surface area contributed by atoms with Gasteiger partial charge in [0.2, 0.25) is 0 Å². The van der Waals surface area contributed by atoms with Crippen molar-refractivity contribution in [3.05, 3.63) is 47.0 Å². The van der Waals surface area contributed by atoms with Crippen molar-refractivity contribution in [3.8, 4) is 0 Å². The van der Waals surface area contributed by atoms with Gasteiger partial charge in [0.1, 0.15) is 5.78 Å².